The van der Waals surface area contributed by atoms with Gasteiger partial charge in [-0.3, -0.25) is 39.1 Å². The summed E-state index contributed by atoms with van der Waals surface area (Å²) in [7, 11) is 0. The van der Waals surface area contributed by atoms with Gasteiger partial charge in [-0.05, 0) is 68.4 Å². The highest BCUT2D eigenvalue weighted by Gasteiger charge is 2.44. The number of piperidine rings is 2. The maximum absolute atomic E-state index is 13.3. The average molecular weight is 642 g/mol. The molecule has 0 spiro atoms. The number of rotatable bonds is 7. The lowest BCUT2D eigenvalue weighted by Crippen LogP contribution is -2.54. The number of amides is 5. The van der Waals surface area contributed by atoms with Crippen LogP contribution >= 0.6 is 0 Å². The van der Waals surface area contributed by atoms with Gasteiger partial charge in [0.25, 0.3) is 17.7 Å². The molecule has 248 valence electrons. The predicted molar refractivity (Wildman–Crippen MR) is 175 cm³/mol. The number of carbonyl (C=O) groups is 5. The number of benzene rings is 1. The number of imide groups is 2. The number of aromatic nitrogens is 1. The van der Waals surface area contributed by atoms with E-state index in [0.717, 1.165) is 87.9 Å². The lowest BCUT2D eigenvalue weighted by atomic mass is 9.95. The molecule has 5 aliphatic rings. The Hall–Kier alpha value is -4.32. The van der Waals surface area contributed by atoms with Crippen LogP contribution in [0.2, 0.25) is 0 Å². The van der Waals surface area contributed by atoms with Crippen molar-refractivity contribution in [3.05, 3.63) is 53.2 Å². The molecule has 1 aliphatic carbocycles. The minimum Gasteiger partial charge on any atom is -0.369 e. The Bertz CT molecular complexity index is 1540. The number of nitrogens with one attached hydrogen (secondary N) is 2. The monoisotopic (exact) mass is 641 g/mol. The van der Waals surface area contributed by atoms with E-state index in [-0.39, 0.29) is 30.7 Å². The van der Waals surface area contributed by atoms with Crippen LogP contribution in [0.25, 0.3) is 0 Å². The van der Waals surface area contributed by atoms with Crippen LogP contribution in [0.4, 0.5) is 11.5 Å². The van der Waals surface area contributed by atoms with Crippen LogP contribution in [0, 0.1) is 5.92 Å². The standard InChI is InChI=1S/C35H43N7O5/c43-31-11-9-29(33(45)38-31)42-34(46)27-8-7-26(20-28(27)35(42)47)40-18-16-39(17-19-40)22-23-12-14-41(15-13-23)30-10-6-24(21-36-30)32(44)37-25-4-2-1-3-5-25/h6-8,10,20-21,23,25,29H,1-5,9,11-19,22H2,(H,37,44)(H,38,43,45). The third-order valence-electron chi connectivity index (χ3n) is 10.6. The van der Waals surface area contributed by atoms with E-state index in [2.05, 4.69) is 30.3 Å². The lowest BCUT2D eigenvalue weighted by molar-refractivity contribution is -0.136. The molecule has 3 saturated heterocycles. The maximum Gasteiger partial charge on any atom is 0.262 e. The van der Waals surface area contributed by atoms with E-state index in [1.165, 1.54) is 19.3 Å². The van der Waals surface area contributed by atoms with E-state index in [9.17, 15) is 24.0 Å². The smallest absolute Gasteiger partial charge is 0.262 e. The summed E-state index contributed by atoms with van der Waals surface area (Å²) in [6.07, 6.45) is 9.92. The number of anilines is 2. The zero-order valence-electron chi connectivity index (χ0n) is 26.8. The van der Waals surface area contributed by atoms with E-state index >= 15 is 0 Å². The molecule has 4 aliphatic heterocycles. The van der Waals surface area contributed by atoms with Crippen molar-refractivity contribution in [1.82, 2.24) is 25.4 Å². The number of fused-ring (bicyclic) bond motifs is 1. The summed E-state index contributed by atoms with van der Waals surface area (Å²) in [5.41, 5.74) is 2.15. The minimum atomic E-state index is -0.959. The highest BCUT2D eigenvalue weighted by Crippen LogP contribution is 2.31. The van der Waals surface area contributed by atoms with Crippen molar-refractivity contribution in [2.24, 2.45) is 5.92 Å². The summed E-state index contributed by atoms with van der Waals surface area (Å²) >= 11 is 0. The van der Waals surface area contributed by atoms with Crippen molar-refractivity contribution in [2.45, 2.75) is 69.9 Å². The fourth-order valence-corrected chi connectivity index (χ4v) is 7.78. The molecule has 0 bridgehead atoms. The first-order valence-corrected chi connectivity index (χ1v) is 17.2. The van der Waals surface area contributed by atoms with Crippen LogP contribution < -0.4 is 20.4 Å². The molecule has 1 unspecified atom stereocenters. The van der Waals surface area contributed by atoms with Gasteiger partial charge in [-0.2, -0.15) is 0 Å². The highest BCUT2D eigenvalue weighted by molar-refractivity contribution is 6.23. The lowest BCUT2D eigenvalue weighted by Gasteiger charge is -2.40. The third-order valence-corrected chi connectivity index (χ3v) is 10.6. The Balaban J connectivity index is 0.871. The normalized spacial score (nSPS) is 23.2. The van der Waals surface area contributed by atoms with Gasteiger partial charge in [0.2, 0.25) is 11.8 Å². The molecule has 7 rings (SSSR count). The Morgan fingerprint density at radius 3 is 2.26 bits per heavy atom. The molecule has 0 radical (unpaired) electrons. The first kappa shape index (κ1) is 31.3. The van der Waals surface area contributed by atoms with Gasteiger partial charge in [-0.1, -0.05) is 19.3 Å². The first-order valence-electron chi connectivity index (χ1n) is 17.2. The fourth-order valence-electron chi connectivity index (χ4n) is 7.78. The predicted octanol–water partition coefficient (Wildman–Crippen LogP) is 2.58. The molecule has 5 heterocycles. The second-order valence-electron chi connectivity index (χ2n) is 13.6. The molecule has 12 nitrogen and oxygen atoms in total. The van der Waals surface area contributed by atoms with Gasteiger partial charge in [0.05, 0.1) is 16.7 Å². The Kier molecular flexibility index (Phi) is 8.94. The van der Waals surface area contributed by atoms with E-state index in [1.54, 1.807) is 18.3 Å². The van der Waals surface area contributed by atoms with Crippen molar-refractivity contribution >= 4 is 41.0 Å². The SMILES string of the molecule is O=C1CCC(N2C(=O)c3ccc(N4CCN(CC5CCN(c6ccc(C(=O)NC7CCCCC7)cn6)CC5)CC4)cc3C2=O)C(=O)N1. The van der Waals surface area contributed by atoms with Gasteiger partial charge in [-0.25, -0.2) is 4.98 Å². The molecule has 1 saturated carbocycles. The van der Waals surface area contributed by atoms with Gasteiger partial charge >= 0.3 is 0 Å². The summed E-state index contributed by atoms with van der Waals surface area (Å²) < 4.78 is 0. The fraction of sp³-hybridized carbons (Fsp3) is 0.543. The zero-order chi connectivity index (χ0) is 32.5. The summed E-state index contributed by atoms with van der Waals surface area (Å²) in [6.45, 7) is 6.42. The summed E-state index contributed by atoms with van der Waals surface area (Å²) in [6, 6.07) is 8.54. The van der Waals surface area contributed by atoms with Gasteiger partial charge in [-0.15, -0.1) is 0 Å². The number of piperazine rings is 1. The Labute approximate surface area is 274 Å². The second-order valence-corrected chi connectivity index (χ2v) is 13.6. The molecule has 1 aromatic heterocycles. The summed E-state index contributed by atoms with van der Waals surface area (Å²) in [4.78, 5) is 75.6. The zero-order valence-corrected chi connectivity index (χ0v) is 26.8. The van der Waals surface area contributed by atoms with Crippen molar-refractivity contribution in [2.75, 3.05) is 55.6 Å². The van der Waals surface area contributed by atoms with Crippen molar-refractivity contribution in [1.29, 1.82) is 0 Å². The first-order chi connectivity index (χ1) is 22.8. The van der Waals surface area contributed by atoms with Crippen molar-refractivity contribution < 1.29 is 24.0 Å². The molecule has 2 aromatic rings. The van der Waals surface area contributed by atoms with Gasteiger partial charge in [0, 0.05) is 70.2 Å². The minimum absolute atomic E-state index is 0.0223. The quantitative estimate of drug-likeness (QED) is 0.438. The largest absolute Gasteiger partial charge is 0.369 e. The van der Waals surface area contributed by atoms with Crippen molar-refractivity contribution in [3.8, 4) is 0 Å². The Morgan fingerprint density at radius 1 is 0.809 bits per heavy atom. The van der Waals surface area contributed by atoms with Crippen LogP contribution in [-0.2, 0) is 9.59 Å². The number of pyridine rings is 1. The molecule has 4 fully saturated rings. The van der Waals surface area contributed by atoms with E-state index < -0.39 is 23.8 Å². The highest BCUT2D eigenvalue weighted by atomic mass is 16.2. The number of hydrogen-bond acceptors (Lipinski definition) is 9. The molecular weight excluding hydrogens is 598 g/mol. The molecule has 1 aromatic carbocycles. The molecule has 5 amide bonds. The van der Waals surface area contributed by atoms with Crippen LogP contribution in [0.3, 0.4) is 0 Å². The third kappa shape index (κ3) is 6.60. The maximum atomic E-state index is 13.3. The second kappa shape index (κ2) is 13.4. The topological polar surface area (TPSA) is 135 Å². The van der Waals surface area contributed by atoms with Crippen LogP contribution in [0.1, 0.15) is 88.9 Å². The van der Waals surface area contributed by atoms with Gasteiger partial charge in [0.15, 0.2) is 0 Å². The van der Waals surface area contributed by atoms with E-state index in [4.69, 9.17) is 0 Å². The molecule has 1 atom stereocenters. The number of carbonyl (C=O) groups excluding carboxylic acids is 5. The van der Waals surface area contributed by atoms with E-state index in [1.807, 2.05) is 18.2 Å². The molecular formula is C35H43N7O5. The molecule has 12 heteroatoms. The van der Waals surface area contributed by atoms with E-state index in [0.29, 0.717) is 22.6 Å². The van der Waals surface area contributed by atoms with Crippen molar-refractivity contribution in [3.63, 3.8) is 0 Å². The summed E-state index contributed by atoms with van der Waals surface area (Å²) in [5, 5.41) is 5.41. The Morgan fingerprint density at radius 2 is 1.55 bits per heavy atom. The van der Waals surface area contributed by atoms with Crippen LogP contribution in [-0.4, -0.2) is 102 Å². The summed E-state index contributed by atoms with van der Waals surface area (Å²) in [5.74, 6) is -0.416. The number of nitrogens with zero attached hydrogens (tertiary/aromatic N) is 5. The molecule has 2 N–H and O–H groups in total. The van der Waals surface area contributed by atoms with Crippen LogP contribution in [0.5, 0.6) is 0 Å². The van der Waals surface area contributed by atoms with Gasteiger partial charge < -0.3 is 15.1 Å². The van der Waals surface area contributed by atoms with Crippen LogP contribution in [0.15, 0.2) is 36.5 Å². The van der Waals surface area contributed by atoms with Gasteiger partial charge in [0.1, 0.15) is 11.9 Å². The molecule has 47 heavy (non-hydrogen) atoms. The number of hydrogen-bond donors (Lipinski definition) is 2. The average Bonchev–Trinajstić information content (AvgIpc) is 3.34.